The summed E-state index contributed by atoms with van der Waals surface area (Å²) in [6, 6.07) is 8.31. The minimum absolute atomic E-state index is 0.234. The fraction of sp³-hybridized carbons (Fsp3) is 0.538. The highest BCUT2D eigenvalue weighted by atomic mass is 16.5. The molecule has 1 unspecified atom stereocenters. The Morgan fingerprint density at radius 1 is 1.13 bits per heavy atom. The molecule has 1 rings (SSSR count). The second kappa shape index (κ2) is 5.76. The monoisotopic (exact) mass is 207 g/mol. The molecule has 0 spiro atoms. The summed E-state index contributed by atoms with van der Waals surface area (Å²) < 4.78 is 5.58. The van der Waals surface area contributed by atoms with E-state index in [1.165, 1.54) is 5.56 Å². The molecule has 0 radical (unpaired) electrons. The molecule has 2 heteroatoms. The van der Waals surface area contributed by atoms with Gasteiger partial charge in [-0.1, -0.05) is 19.1 Å². The lowest BCUT2D eigenvalue weighted by Gasteiger charge is -2.13. The van der Waals surface area contributed by atoms with Crippen LogP contribution >= 0.6 is 0 Å². The Labute approximate surface area is 92.4 Å². The second-order valence-corrected chi connectivity index (χ2v) is 4.21. The molecule has 0 fully saturated rings. The lowest BCUT2D eigenvalue weighted by molar-refractivity contribution is 0.242. The van der Waals surface area contributed by atoms with Gasteiger partial charge in [-0.15, -0.1) is 0 Å². The van der Waals surface area contributed by atoms with Crippen LogP contribution in [0.5, 0.6) is 5.75 Å². The zero-order valence-corrected chi connectivity index (χ0v) is 9.86. The Kier molecular flexibility index (Phi) is 4.63. The SMILES string of the molecule is CC(C)Oc1ccc(C(C)CCN)cc1. The van der Waals surface area contributed by atoms with Gasteiger partial charge in [0.15, 0.2) is 0 Å². The van der Waals surface area contributed by atoms with Crippen molar-refractivity contribution in [3.05, 3.63) is 29.8 Å². The average Bonchev–Trinajstić information content (AvgIpc) is 2.18. The Morgan fingerprint density at radius 3 is 2.20 bits per heavy atom. The lowest BCUT2D eigenvalue weighted by atomic mass is 9.98. The summed E-state index contributed by atoms with van der Waals surface area (Å²) in [5.74, 6) is 1.47. The van der Waals surface area contributed by atoms with Gasteiger partial charge < -0.3 is 10.5 Å². The molecule has 2 nitrogen and oxygen atoms in total. The van der Waals surface area contributed by atoms with Gasteiger partial charge in [-0.2, -0.15) is 0 Å². The molecule has 0 saturated heterocycles. The highest BCUT2D eigenvalue weighted by Crippen LogP contribution is 2.21. The smallest absolute Gasteiger partial charge is 0.119 e. The molecule has 2 N–H and O–H groups in total. The zero-order chi connectivity index (χ0) is 11.3. The fourth-order valence-electron chi connectivity index (χ4n) is 1.56. The topological polar surface area (TPSA) is 35.2 Å². The highest BCUT2D eigenvalue weighted by molar-refractivity contribution is 5.29. The summed E-state index contributed by atoms with van der Waals surface area (Å²) in [5, 5.41) is 0. The minimum Gasteiger partial charge on any atom is -0.491 e. The molecule has 0 amide bonds. The lowest BCUT2D eigenvalue weighted by Crippen LogP contribution is -2.06. The predicted octanol–water partition coefficient (Wildman–Crippen LogP) is 2.93. The molecule has 1 aromatic carbocycles. The summed E-state index contributed by atoms with van der Waals surface area (Å²) in [4.78, 5) is 0. The summed E-state index contributed by atoms with van der Waals surface area (Å²) in [6.45, 7) is 7.01. The van der Waals surface area contributed by atoms with Gasteiger partial charge in [0.05, 0.1) is 6.10 Å². The van der Waals surface area contributed by atoms with Gasteiger partial charge in [-0.05, 0) is 50.4 Å². The molecule has 15 heavy (non-hydrogen) atoms. The van der Waals surface area contributed by atoms with Gasteiger partial charge in [-0.25, -0.2) is 0 Å². The van der Waals surface area contributed by atoms with E-state index in [1.807, 2.05) is 26.0 Å². The minimum atomic E-state index is 0.234. The first-order chi connectivity index (χ1) is 7.13. The van der Waals surface area contributed by atoms with Crippen molar-refractivity contribution in [3.8, 4) is 5.75 Å². The Balaban J connectivity index is 2.63. The van der Waals surface area contributed by atoms with Gasteiger partial charge in [0.2, 0.25) is 0 Å². The summed E-state index contributed by atoms with van der Waals surface area (Å²) in [5.41, 5.74) is 6.87. The van der Waals surface area contributed by atoms with Crippen LogP contribution in [0, 0.1) is 0 Å². The molecule has 0 aliphatic rings. The predicted molar refractivity (Wildman–Crippen MR) is 64.3 cm³/mol. The van der Waals surface area contributed by atoms with E-state index in [1.54, 1.807) is 0 Å². The first kappa shape index (κ1) is 12.1. The van der Waals surface area contributed by atoms with Crippen LogP contribution in [0.4, 0.5) is 0 Å². The molecule has 0 saturated carbocycles. The normalized spacial score (nSPS) is 12.9. The molecule has 0 aliphatic carbocycles. The largest absolute Gasteiger partial charge is 0.491 e. The number of hydrogen-bond acceptors (Lipinski definition) is 2. The third kappa shape index (κ3) is 3.92. The van der Waals surface area contributed by atoms with Crippen molar-refractivity contribution in [3.63, 3.8) is 0 Å². The maximum atomic E-state index is 5.58. The quantitative estimate of drug-likeness (QED) is 0.805. The molecule has 1 aromatic rings. The molecule has 84 valence electrons. The standard InChI is InChI=1S/C13H21NO/c1-10(2)15-13-6-4-12(5-7-13)11(3)8-9-14/h4-7,10-11H,8-9,14H2,1-3H3. The molecular formula is C13H21NO. The Bertz CT molecular complexity index is 279. The van der Waals surface area contributed by atoms with Crippen molar-refractivity contribution in [2.45, 2.75) is 39.2 Å². The zero-order valence-electron chi connectivity index (χ0n) is 9.86. The molecular weight excluding hydrogens is 186 g/mol. The molecule has 0 bridgehead atoms. The van der Waals surface area contributed by atoms with E-state index in [0.717, 1.165) is 18.7 Å². The van der Waals surface area contributed by atoms with Crippen molar-refractivity contribution >= 4 is 0 Å². The maximum absolute atomic E-state index is 5.58. The number of nitrogens with two attached hydrogens (primary N) is 1. The van der Waals surface area contributed by atoms with E-state index < -0.39 is 0 Å². The molecule has 0 aromatic heterocycles. The first-order valence-electron chi connectivity index (χ1n) is 5.60. The van der Waals surface area contributed by atoms with Crippen LogP contribution in [0.25, 0.3) is 0 Å². The number of hydrogen-bond donors (Lipinski definition) is 1. The van der Waals surface area contributed by atoms with Gasteiger partial charge in [-0.3, -0.25) is 0 Å². The Hall–Kier alpha value is -1.02. The van der Waals surface area contributed by atoms with Gasteiger partial charge in [0.1, 0.15) is 5.75 Å². The second-order valence-electron chi connectivity index (χ2n) is 4.21. The molecule has 0 aliphatic heterocycles. The van der Waals surface area contributed by atoms with Crippen LogP contribution in [-0.4, -0.2) is 12.6 Å². The van der Waals surface area contributed by atoms with E-state index in [4.69, 9.17) is 10.5 Å². The fourth-order valence-corrected chi connectivity index (χ4v) is 1.56. The molecule has 0 heterocycles. The number of ether oxygens (including phenoxy) is 1. The number of benzene rings is 1. The van der Waals surface area contributed by atoms with Crippen molar-refractivity contribution < 1.29 is 4.74 Å². The summed E-state index contributed by atoms with van der Waals surface area (Å²) >= 11 is 0. The van der Waals surface area contributed by atoms with Gasteiger partial charge in [0, 0.05) is 0 Å². The first-order valence-corrected chi connectivity index (χ1v) is 5.60. The number of rotatable bonds is 5. The van der Waals surface area contributed by atoms with Crippen molar-refractivity contribution in [2.75, 3.05) is 6.54 Å². The molecule has 1 atom stereocenters. The van der Waals surface area contributed by atoms with Gasteiger partial charge >= 0.3 is 0 Å². The average molecular weight is 207 g/mol. The van der Waals surface area contributed by atoms with E-state index in [2.05, 4.69) is 19.1 Å². The van der Waals surface area contributed by atoms with Gasteiger partial charge in [0.25, 0.3) is 0 Å². The van der Waals surface area contributed by atoms with Crippen LogP contribution in [0.3, 0.4) is 0 Å². The van der Waals surface area contributed by atoms with Crippen LogP contribution in [-0.2, 0) is 0 Å². The van der Waals surface area contributed by atoms with E-state index in [-0.39, 0.29) is 6.10 Å². The van der Waals surface area contributed by atoms with E-state index >= 15 is 0 Å². The van der Waals surface area contributed by atoms with Crippen molar-refractivity contribution in [2.24, 2.45) is 5.73 Å². The van der Waals surface area contributed by atoms with Crippen molar-refractivity contribution in [1.29, 1.82) is 0 Å². The third-order valence-corrected chi connectivity index (χ3v) is 2.42. The Morgan fingerprint density at radius 2 is 1.73 bits per heavy atom. The van der Waals surface area contributed by atoms with Crippen molar-refractivity contribution in [1.82, 2.24) is 0 Å². The van der Waals surface area contributed by atoms with E-state index in [9.17, 15) is 0 Å². The maximum Gasteiger partial charge on any atom is 0.119 e. The van der Waals surface area contributed by atoms with Crippen LogP contribution in [0.2, 0.25) is 0 Å². The van der Waals surface area contributed by atoms with E-state index in [0.29, 0.717) is 5.92 Å². The highest BCUT2D eigenvalue weighted by Gasteiger charge is 2.04. The summed E-state index contributed by atoms with van der Waals surface area (Å²) in [7, 11) is 0. The third-order valence-electron chi connectivity index (χ3n) is 2.42. The van der Waals surface area contributed by atoms with Crippen LogP contribution < -0.4 is 10.5 Å². The van der Waals surface area contributed by atoms with Crippen LogP contribution in [0.1, 0.15) is 38.7 Å². The summed E-state index contributed by atoms with van der Waals surface area (Å²) in [6.07, 6.45) is 1.27. The van der Waals surface area contributed by atoms with Crippen LogP contribution in [0.15, 0.2) is 24.3 Å².